The van der Waals surface area contributed by atoms with Crippen molar-refractivity contribution in [3.63, 3.8) is 0 Å². The number of aliphatic hydroxyl groups is 1. The molecular weight excluding hydrogens is 280 g/mol. The SMILES string of the molecule is Cc1nn(C)c2ncc(C(=O)N3CCCC3CC(C)O)cc12. The molecule has 6 heteroatoms. The second-order valence-corrected chi connectivity index (χ2v) is 6.18. The van der Waals surface area contributed by atoms with Crippen LogP contribution in [0.2, 0.25) is 0 Å². The summed E-state index contributed by atoms with van der Waals surface area (Å²) in [6.45, 7) is 4.44. The van der Waals surface area contributed by atoms with Gasteiger partial charge in [0.1, 0.15) is 0 Å². The zero-order valence-electron chi connectivity index (χ0n) is 13.3. The molecule has 1 saturated heterocycles. The van der Waals surface area contributed by atoms with E-state index in [0.29, 0.717) is 12.0 Å². The van der Waals surface area contributed by atoms with Crippen molar-refractivity contribution in [3.05, 3.63) is 23.5 Å². The molecule has 22 heavy (non-hydrogen) atoms. The number of amides is 1. The van der Waals surface area contributed by atoms with Gasteiger partial charge in [-0.05, 0) is 39.2 Å². The van der Waals surface area contributed by atoms with E-state index in [1.165, 1.54) is 0 Å². The number of nitrogens with zero attached hydrogens (tertiary/aromatic N) is 4. The number of carbonyl (C=O) groups excluding carboxylic acids is 1. The van der Waals surface area contributed by atoms with Crippen LogP contribution in [-0.2, 0) is 7.05 Å². The number of carbonyl (C=O) groups is 1. The Labute approximate surface area is 129 Å². The monoisotopic (exact) mass is 302 g/mol. The van der Waals surface area contributed by atoms with Gasteiger partial charge in [0.25, 0.3) is 5.91 Å². The fourth-order valence-electron chi connectivity index (χ4n) is 3.33. The van der Waals surface area contributed by atoms with Gasteiger partial charge in [-0.3, -0.25) is 9.48 Å². The molecular formula is C16H22N4O2. The summed E-state index contributed by atoms with van der Waals surface area (Å²) in [6, 6.07) is 2.00. The summed E-state index contributed by atoms with van der Waals surface area (Å²) in [7, 11) is 1.85. The molecule has 0 spiro atoms. The molecule has 2 atom stereocenters. The minimum Gasteiger partial charge on any atom is -0.393 e. The molecule has 2 aromatic rings. The lowest BCUT2D eigenvalue weighted by molar-refractivity contribution is 0.0682. The van der Waals surface area contributed by atoms with Gasteiger partial charge in [0.05, 0.1) is 17.4 Å². The van der Waals surface area contributed by atoms with Gasteiger partial charge in [0.2, 0.25) is 0 Å². The van der Waals surface area contributed by atoms with Crippen molar-refractivity contribution in [2.45, 2.75) is 45.3 Å². The van der Waals surface area contributed by atoms with Gasteiger partial charge < -0.3 is 10.0 Å². The summed E-state index contributed by atoms with van der Waals surface area (Å²) in [5.41, 5.74) is 2.26. The maximum Gasteiger partial charge on any atom is 0.255 e. The van der Waals surface area contributed by atoms with Crippen LogP contribution in [0.15, 0.2) is 12.3 Å². The number of rotatable bonds is 3. The molecule has 3 rings (SSSR count). The minimum absolute atomic E-state index is 0.000744. The zero-order chi connectivity index (χ0) is 15.9. The van der Waals surface area contributed by atoms with Gasteiger partial charge in [-0.15, -0.1) is 0 Å². The van der Waals surface area contributed by atoms with Crippen molar-refractivity contribution in [1.29, 1.82) is 0 Å². The smallest absolute Gasteiger partial charge is 0.255 e. The fraction of sp³-hybridized carbons (Fsp3) is 0.562. The van der Waals surface area contributed by atoms with Gasteiger partial charge in [0, 0.05) is 31.2 Å². The number of aliphatic hydroxyl groups excluding tert-OH is 1. The molecule has 1 fully saturated rings. The number of aryl methyl sites for hydroxylation is 2. The summed E-state index contributed by atoms with van der Waals surface area (Å²) >= 11 is 0. The minimum atomic E-state index is -0.389. The number of hydrogen-bond donors (Lipinski definition) is 1. The lowest BCUT2D eigenvalue weighted by atomic mass is 10.1. The highest BCUT2D eigenvalue weighted by Crippen LogP contribution is 2.25. The quantitative estimate of drug-likeness (QED) is 0.936. The lowest BCUT2D eigenvalue weighted by Gasteiger charge is -2.25. The largest absolute Gasteiger partial charge is 0.393 e. The Bertz CT molecular complexity index is 707. The third-order valence-corrected chi connectivity index (χ3v) is 4.36. The molecule has 1 aliphatic heterocycles. The zero-order valence-corrected chi connectivity index (χ0v) is 13.3. The van der Waals surface area contributed by atoms with Crippen LogP contribution in [0.1, 0.15) is 42.2 Å². The molecule has 2 aromatic heterocycles. The van der Waals surface area contributed by atoms with Gasteiger partial charge in [-0.1, -0.05) is 0 Å². The van der Waals surface area contributed by atoms with E-state index in [2.05, 4.69) is 10.1 Å². The van der Waals surface area contributed by atoms with E-state index >= 15 is 0 Å². The Morgan fingerprint density at radius 2 is 2.32 bits per heavy atom. The average Bonchev–Trinajstić information content (AvgIpc) is 3.03. The molecule has 3 heterocycles. The summed E-state index contributed by atoms with van der Waals surface area (Å²) in [5, 5.41) is 14.9. The van der Waals surface area contributed by atoms with Crippen LogP contribution in [0, 0.1) is 6.92 Å². The van der Waals surface area contributed by atoms with Gasteiger partial charge in [0.15, 0.2) is 5.65 Å². The molecule has 1 amide bonds. The average molecular weight is 302 g/mol. The Balaban J connectivity index is 1.90. The molecule has 0 aromatic carbocycles. The second-order valence-electron chi connectivity index (χ2n) is 6.18. The number of aromatic nitrogens is 3. The van der Waals surface area contributed by atoms with Crippen LogP contribution < -0.4 is 0 Å². The van der Waals surface area contributed by atoms with Crippen LogP contribution in [0.3, 0.4) is 0 Å². The topological polar surface area (TPSA) is 71.2 Å². The van der Waals surface area contributed by atoms with E-state index in [4.69, 9.17) is 0 Å². The van der Waals surface area contributed by atoms with Crippen molar-refractivity contribution < 1.29 is 9.90 Å². The predicted molar refractivity (Wildman–Crippen MR) is 83.6 cm³/mol. The van der Waals surface area contributed by atoms with Crippen molar-refractivity contribution >= 4 is 16.9 Å². The second kappa shape index (κ2) is 5.68. The van der Waals surface area contributed by atoms with Crippen LogP contribution in [0.5, 0.6) is 0 Å². The highest BCUT2D eigenvalue weighted by atomic mass is 16.3. The van der Waals surface area contributed by atoms with Crippen molar-refractivity contribution in [1.82, 2.24) is 19.7 Å². The summed E-state index contributed by atoms with van der Waals surface area (Å²) in [4.78, 5) is 19.0. The molecule has 1 N–H and O–H groups in total. The first-order valence-electron chi connectivity index (χ1n) is 7.75. The van der Waals surface area contributed by atoms with Crippen LogP contribution in [0.4, 0.5) is 0 Å². The molecule has 0 bridgehead atoms. The lowest BCUT2D eigenvalue weighted by Crippen LogP contribution is -2.37. The number of likely N-dealkylation sites (tertiary alicyclic amines) is 1. The van der Waals surface area contributed by atoms with E-state index in [1.807, 2.05) is 24.9 Å². The first-order valence-corrected chi connectivity index (χ1v) is 7.75. The Morgan fingerprint density at radius 3 is 3.05 bits per heavy atom. The number of pyridine rings is 1. The first-order chi connectivity index (χ1) is 10.5. The highest BCUT2D eigenvalue weighted by Gasteiger charge is 2.30. The summed E-state index contributed by atoms with van der Waals surface area (Å²) in [5.74, 6) is 0.000744. The van der Waals surface area contributed by atoms with E-state index in [9.17, 15) is 9.90 Å². The Kier molecular flexibility index (Phi) is 3.87. The summed E-state index contributed by atoms with van der Waals surface area (Å²) < 4.78 is 1.73. The van der Waals surface area contributed by atoms with Crippen LogP contribution in [0.25, 0.3) is 11.0 Å². The predicted octanol–water partition coefficient (Wildman–Crippen LogP) is 1.65. The normalized spacial score (nSPS) is 19.8. The third kappa shape index (κ3) is 2.59. The van der Waals surface area contributed by atoms with Crippen molar-refractivity contribution in [3.8, 4) is 0 Å². The summed E-state index contributed by atoms with van der Waals surface area (Å²) in [6.07, 6.45) is 3.82. The van der Waals surface area contributed by atoms with Crippen LogP contribution >= 0.6 is 0 Å². The Morgan fingerprint density at radius 1 is 1.55 bits per heavy atom. The van der Waals surface area contributed by atoms with E-state index in [0.717, 1.165) is 36.1 Å². The van der Waals surface area contributed by atoms with Gasteiger partial charge >= 0.3 is 0 Å². The van der Waals surface area contributed by atoms with Gasteiger partial charge in [-0.2, -0.15) is 5.10 Å². The first kappa shape index (κ1) is 15.0. The van der Waals surface area contributed by atoms with E-state index in [-0.39, 0.29) is 18.1 Å². The Hall–Kier alpha value is -1.95. The van der Waals surface area contributed by atoms with E-state index in [1.54, 1.807) is 17.8 Å². The van der Waals surface area contributed by atoms with E-state index < -0.39 is 0 Å². The highest BCUT2D eigenvalue weighted by molar-refractivity contribution is 5.97. The molecule has 2 unspecified atom stereocenters. The van der Waals surface area contributed by atoms with Gasteiger partial charge in [-0.25, -0.2) is 4.98 Å². The molecule has 0 saturated carbocycles. The molecule has 0 radical (unpaired) electrons. The maximum atomic E-state index is 12.8. The molecule has 0 aliphatic carbocycles. The third-order valence-electron chi connectivity index (χ3n) is 4.36. The number of hydrogen-bond acceptors (Lipinski definition) is 4. The molecule has 6 nitrogen and oxygen atoms in total. The molecule has 1 aliphatic rings. The standard InChI is InChI=1S/C16H22N4O2/c1-10(21)7-13-5-4-6-20(13)16(22)12-8-14-11(2)18-19(3)15(14)17-9-12/h8-10,13,21H,4-7H2,1-3H3. The van der Waals surface area contributed by atoms with Crippen molar-refractivity contribution in [2.24, 2.45) is 7.05 Å². The number of fused-ring (bicyclic) bond motifs is 1. The fourth-order valence-corrected chi connectivity index (χ4v) is 3.33. The van der Waals surface area contributed by atoms with Crippen LogP contribution in [-0.4, -0.2) is 49.4 Å². The van der Waals surface area contributed by atoms with Crippen molar-refractivity contribution in [2.75, 3.05) is 6.54 Å². The molecule has 118 valence electrons. The maximum absolute atomic E-state index is 12.8.